The fraction of sp³-hybridized carbons (Fsp3) is 0.571. The fourth-order valence-electron chi connectivity index (χ4n) is 2.24. The molecule has 0 fully saturated rings. The molecule has 0 radical (unpaired) electrons. The second-order valence-corrected chi connectivity index (χ2v) is 6.45. The van der Waals surface area contributed by atoms with E-state index in [1.54, 1.807) is 6.07 Å². The molecule has 20 heavy (non-hydrogen) atoms. The first kappa shape index (κ1) is 16.9. The van der Waals surface area contributed by atoms with Crippen LogP contribution in [-0.4, -0.2) is 37.0 Å². The highest BCUT2D eigenvalue weighted by molar-refractivity contribution is 6.31. The molecule has 0 heterocycles. The molecule has 0 aliphatic rings. The zero-order valence-corrected chi connectivity index (χ0v) is 13.2. The van der Waals surface area contributed by atoms with Crippen molar-refractivity contribution in [1.82, 2.24) is 10.2 Å². The number of halogens is 1. The third-order valence-electron chi connectivity index (χ3n) is 2.91. The first-order chi connectivity index (χ1) is 9.21. The van der Waals surface area contributed by atoms with Crippen molar-refractivity contribution in [3.05, 3.63) is 38.9 Å². The molecule has 0 bridgehead atoms. The Hall–Kier alpha value is -1.17. The highest BCUT2D eigenvalue weighted by atomic mass is 35.5. The van der Waals surface area contributed by atoms with Crippen molar-refractivity contribution in [2.45, 2.75) is 20.4 Å². The number of rotatable bonds is 7. The Morgan fingerprint density at radius 3 is 2.55 bits per heavy atom. The lowest BCUT2D eigenvalue weighted by Crippen LogP contribution is -2.37. The molecule has 0 amide bonds. The molecule has 0 saturated heterocycles. The van der Waals surface area contributed by atoms with E-state index in [1.807, 2.05) is 0 Å². The number of nitrogens with one attached hydrogen (secondary N) is 1. The number of benzene rings is 1. The summed E-state index contributed by atoms with van der Waals surface area (Å²) < 4.78 is 0. The largest absolute Gasteiger partial charge is 0.312 e. The van der Waals surface area contributed by atoms with E-state index >= 15 is 0 Å². The number of nitro groups is 1. The lowest BCUT2D eigenvalue weighted by atomic mass is 9.93. The van der Waals surface area contributed by atoms with Gasteiger partial charge in [0.1, 0.15) is 0 Å². The van der Waals surface area contributed by atoms with Crippen LogP contribution >= 0.6 is 11.6 Å². The molecular weight excluding hydrogens is 278 g/mol. The molecule has 6 heteroatoms. The fourth-order valence-corrected chi connectivity index (χ4v) is 2.48. The monoisotopic (exact) mass is 299 g/mol. The van der Waals surface area contributed by atoms with Gasteiger partial charge in [0.05, 0.1) is 9.95 Å². The average Bonchev–Trinajstić information content (AvgIpc) is 2.29. The SMILES string of the molecule is CN(C)CC(C)(C)CNCc1ccc([N+](=O)[O-])cc1Cl. The van der Waals surface area contributed by atoms with Crippen molar-refractivity contribution in [3.8, 4) is 0 Å². The van der Waals surface area contributed by atoms with Crippen LogP contribution in [0, 0.1) is 15.5 Å². The van der Waals surface area contributed by atoms with Gasteiger partial charge in [0, 0.05) is 31.8 Å². The van der Waals surface area contributed by atoms with Crippen LogP contribution in [0.2, 0.25) is 5.02 Å². The Balaban J connectivity index is 2.56. The van der Waals surface area contributed by atoms with Gasteiger partial charge in [-0.05, 0) is 31.1 Å². The lowest BCUT2D eigenvalue weighted by Gasteiger charge is -2.28. The summed E-state index contributed by atoms with van der Waals surface area (Å²) in [4.78, 5) is 12.4. The number of hydrogen-bond acceptors (Lipinski definition) is 4. The summed E-state index contributed by atoms with van der Waals surface area (Å²) in [6.45, 7) is 6.81. The van der Waals surface area contributed by atoms with Crippen molar-refractivity contribution in [3.63, 3.8) is 0 Å². The maximum atomic E-state index is 10.6. The summed E-state index contributed by atoms with van der Waals surface area (Å²) in [6, 6.07) is 4.57. The van der Waals surface area contributed by atoms with Crippen LogP contribution in [0.3, 0.4) is 0 Å². The van der Waals surface area contributed by atoms with E-state index in [0.717, 1.165) is 18.7 Å². The molecule has 0 saturated carbocycles. The van der Waals surface area contributed by atoms with Gasteiger partial charge in [0.2, 0.25) is 0 Å². The Morgan fingerprint density at radius 1 is 1.40 bits per heavy atom. The van der Waals surface area contributed by atoms with Crippen LogP contribution in [0.15, 0.2) is 18.2 Å². The van der Waals surface area contributed by atoms with Crippen LogP contribution in [-0.2, 0) is 6.54 Å². The van der Waals surface area contributed by atoms with E-state index in [2.05, 4.69) is 38.2 Å². The van der Waals surface area contributed by atoms with E-state index in [0.29, 0.717) is 11.6 Å². The summed E-state index contributed by atoms with van der Waals surface area (Å²) in [5, 5.41) is 14.4. The summed E-state index contributed by atoms with van der Waals surface area (Å²) in [5.41, 5.74) is 1.04. The Morgan fingerprint density at radius 2 is 2.05 bits per heavy atom. The van der Waals surface area contributed by atoms with E-state index in [9.17, 15) is 10.1 Å². The molecule has 0 aliphatic heterocycles. The maximum Gasteiger partial charge on any atom is 0.270 e. The zero-order valence-electron chi connectivity index (χ0n) is 12.4. The van der Waals surface area contributed by atoms with Crippen molar-refractivity contribution in [1.29, 1.82) is 0 Å². The van der Waals surface area contributed by atoms with Crippen LogP contribution in [0.25, 0.3) is 0 Å². The van der Waals surface area contributed by atoms with Gasteiger partial charge in [-0.15, -0.1) is 0 Å². The highest BCUT2D eigenvalue weighted by Gasteiger charge is 2.18. The summed E-state index contributed by atoms with van der Waals surface area (Å²) in [6.07, 6.45) is 0. The van der Waals surface area contributed by atoms with E-state index in [-0.39, 0.29) is 11.1 Å². The third kappa shape index (κ3) is 5.45. The second-order valence-electron chi connectivity index (χ2n) is 6.04. The minimum absolute atomic E-state index is 0.0201. The van der Waals surface area contributed by atoms with Gasteiger partial charge in [-0.1, -0.05) is 25.4 Å². The van der Waals surface area contributed by atoms with Crippen molar-refractivity contribution < 1.29 is 4.92 Å². The van der Waals surface area contributed by atoms with E-state index < -0.39 is 4.92 Å². The number of nitrogens with zero attached hydrogens (tertiary/aromatic N) is 2. The van der Waals surface area contributed by atoms with Crippen LogP contribution in [0.1, 0.15) is 19.4 Å². The molecule has 0 aromatic heterocycles. The molecule has 0 unspecified atom stereocenters. The summed E-state index contributed by atoms with van der Waals surface area (Å²) in [7, 11) is 4.10. The first-order valence-corrected chi connectivity index (χ1v) is 6.87. The van der Waals surface area contributed by atoms with Gasteiger partial charge in [-0.2, -0.15) is 0 Å². The van der Waals surface area contributed by atoms with Crippen LogP contribution in [0.4, 0.5) is 5.69 Å². The van der Waals surface area contributed by atoms with Crippen molar-refractivity contribution in [2.24, 2.45) is 5.41 Å². The molecule has 1 N–H and O–H groups in total. The standard InChI is InChI=1S/C14H22ClN3O2/c1-14(2,10-17(3)4)9-16-8-11-5-6-12(18(19)20)7-13(11)15/h5-7,16H,8-10H2,1-4H3. The van der Waals surface area contributed by atoms with Gasteiger partial charge < -0.3 is 10.2 Å². The van der Waals surface area contributed by atoms with Gasteiger partial charge in [0.25, 0.3) is 5.69 Å². The van der Waals surface area contributed by atoms with Crippen LogP contribution in [0.5, 0.6) is 0 Å². The first-order valence-electron chi connectivity index (χ1n) is 6.49. The smallest absolute Gasteiger partial charge is 0.270 e. The Kier molecular flexibility index (Phi) is 5.92. The third-order valence-corrected chi connectivity index (χ3v) is 3.26. The van der Waals surface area contributed by atoms with E-state index in [1.165, 1.54) is 12.1 Å². The van der Waals surface area contributed by atoms with E-state index in [4.69, 9.17) is 11.6 Å². The number of non-ortho nitro benzene ring substituents is 1. The molecule has 1 aromatic rings. The normalized spacial score (nSPS) is 11.9. The number of nitro benzene ring substituents is 1. The minimum atomic E-state index is -0.441. The van der Waals surface area contributed by atoms with Crippen molar-refractivity contribution >= 4 is 17.3 Å². The topological polar surface area (TPSA) is 58.4 Å². The van der Waals surface area contributed by atoms with Gasteiger partial charge in [-0.25, -0.2) is 0 Å². The minimum Gasteiger partial charge on any atom is -0.312 e. The molecule has 1 aromatic carbocycles. The van der Waals surface area contributed by atoms with Gasteiger partial charge >= 0.3 is 0 Å². The van der Waals surface area contributed by atoms with Crippen LogP contribution < -0.4 is 5.32 Å². The lowest BCUT2D eigenvalue weighted by molar-refractivity contribution is -0.384. The Labute approximate surface area is 125 Å². The molecule has 0 aliphatic carbocycles. The molecule has 0 spiro atoms. The second kappa shape index (κ2) is 7.02. The molecular formula is C14H22ClN3O2. The quantitative estimate of drug-likeness (QED) is 0.621. The van der Waals surface area contributed by atoms with Crippen molar-refractivity contribution in [2.75, 3.05) is 27.2 Å². The maximum absolute atomic E-state index is 10.6. The molecule has 0 atom stereocenters. The highest BCUT2D eigenvalue weighted by Crippen LogP contribution is 2.22. The molecule has 1 rings (SSSR count). The molecule has 112 valence electrons. The average molecular weight is 300 g/mol. The summed E-state index contributed by atoms with van der Waals surface area (Å²) in [5.74, 6) is 0. The Bertz CT molecular complexity index is 475. The predicted octanol–water partition coefficient (Wildman–Crippen LogP) is 2.93. The predicted molar refractivity (Wildman–Crippen MR) is 82.1 cm³/mol. The number of hydrogen-bond donors (Lipinski definition) is 1. The molecule has 5 nitrogen and oxygen atoms in total. The summed E-state index contributed by atoms with van der Waals surface area (Å²) >= 11 is 6.06. The zero-order chi connectivity index (χ0) is 15.3. The van der Waals surface area contributed by atoms with Gasteiger partial charge in [-0.3, -0.25) is 10.1 Å². The van der Waals surface area contributed by atoms with Gasteiger partial charge in [0.15, 0.2) is 0 Å².